The Morgan fingerprint density at radius 1 is 1.33 bits per heavy atom. The first-order valence-electron chi connectivity index (χ1n) is 6.32. The van der Waals surface area contributed by atoms with E-state index in [-0.39, 0.29) is 0 Å². The van der Waals surface area contributed by atoms with Gasteiger partial charge in [-0.2, -0.15) is 0 Å². The van der Waals surface area contributed by atoms with E-state index in [9.17, 15) is 0 Å². The maximum atomic E-state index is 5.53. The Labute approximate surface area is 110 Å². The second-order valence-electron chi connectivity index (χ2n) is 4.85. The lowest BCUT2D eigenvalue weighted by atomic mass is 10.0. The Bertz CT molecular complexity index is 589. The van der Waals surface area contributed by atoms with E-state index in [0.717, 1.165) is 36.9 Å². The lowest BCUT2D eigenvalue weighted by Gasteiger charge is -2.25. The summed E-state index contributed by atoms with van der Waals surface area (Å²) >= 11 is 1.75. The summed E-state index contributed by atoms with van der Waals surface area (Å²) < 4.78 is 5.53. The van der Waals surface area contributed by atoms with Crippen LogP contribution in [0.15, 0.2) is 23.6 Å². The van der Waals surface area contributed by atoms with Crippen molar-refractivity contribution in [2.24, 2.45) is 0 Å². The van der Waals surface area contributed by atoms with Crippen LogP contribution in [0.4, 0.5) is 0 Å². The monoisotopic (exact) mass is 258 g/mol. The molecule has 92 valence electrons. The third-order valence-electron chi connectivity index (χ3n) is 3.66. The van der Waals surface area contributed by atoms with Crippen molar-refractivity contribution in [1.29, 1.82) is 0 Å². The number of hydrogen-bond donors (Lipinski definition) is 1. The predicted octanol–water partition coefficient (Wildman–Crippen LogP) is 2.43. The summed E-state index contributed by atoms with van der Waals surface area (Å²) in [6.07, 6.45) is 1.02. The number of hydrogen-bond acceptors (Lipinski definition) is 4. The van der Waals surface area contributed by atoms with Gasteiger partial charge in [0.05, 0.1) is 12.3 Å². The molecule has 2 aromatic rings. The summed E-state index contributed by atoms with van der Waals surface area (Å²) in [7, 11) is 0. The summed E-state index contributed by atoms with van der Waals surface area (Å²) in [6.45, 7) is 2.96. The van der Waals surface area contributed by atoms with Crippen molar-refractivity contribution >= 4 is 11.3 Å². The molecule has 3 nitrogen and oxygen atoms in total. The lowest BCUT2D eigenvalue weighted by molar-refractivity contribution is 0.357. The highest BCUT2D eigenvalue weighted by Gasteiger charge is 2.22. The number of thiazole rings is 1. The second kappa shape index (κ2) is 4.07. The van der Waals surface area contributed by atoms with Crippen molar-refractivity contribution < 1.29 is 4.74 Å². The molecular weight excluding hydrogens is 244 g/mol. The summed E-state index contributed by atoms with van der Waals surface area (Å²) in [6, 6.07) is 6.42. The molecule has 1 saturated heterocycles. The first-order chi connectivity index (χ1) is 8.90. The van der Waals surface area contributed by atoms with Crippen molar-refractivity contribution in [3.63, 3.8) is 0 Å². The smallest absolute Gasteiger partial charge is 0.123 e. The van der Waals surface area contributed by atoms with E-state index in [2.05, 4.69) is 28.9 Å². The predicted molar refractivity (Wildman–Crippen MR) is 72.4 cm³/mol. The molecular formula is C14H14N2OS. The van der Waals surface area contributed by atoms with E-state index in [0.29, 0.717) is 5.92 Å². The maximum absolute atomic E-state index is 5.53. The van der Waals surface area contributed by atoms with Crippen LogP contribution in [0.25, 0.3) is 10.6 Å². The van der Waals surface area contributed by atoms with Gasteiger partial charge >= 0.3 is 0 Å². The first kappa shape index (κ1) is 10.5. The van der Waals surface area contributed by atoms with Crippen molar-refractivity contribution in [1.82, 2.24) is 10.3 Å². The highest BCUT2D eigenvalue weighted by Crippen LogP contribution is 2.33. The minimum atomic E-state index is 0.618. The van der Waals surface area contributed by atoms with Gasteiger partial charge in [0, 0.05) is 36.4 Å². The van der Waals surface area contributed by atoms with Crippen molar-refractivity contribution in [3.8, 4) is 16.3 Å². The highest BCUT2D eigenvalue weighted by atomic mass is 32.1. The highest BCUT2D eigenvalue weighted by molar-refractivity contribution is 7.13. The van der Waals surface area contributed by atoms with E-state index in [4.69, 9.17) is 9.72 Å². The maximum Gasteiger partial charge on any atom is 0.123 e. The Kier molecular flexibility index (Phi) is 2.38. The molecule has 1 fully saturated rings. The van der Waals surface area contributed by atoms with Gasteiger partial charge in [-0.15, -0.1) is 11.3 Å². The molecule has 0 atom stereocenters. The molecule has 4 heteroatoms. The summed E-state index contributed by atoms with van der Waals surface area (Å²) in [5.74, 6) is 1.66. The van der Waals surface area contributed by atoms with Crippen LogP contribution in [0.5, 0.6) is 5.75 Å². The molecule has 0 spiro atoms. The van der Waals surface area contributed by atoms with Crippen molar-refractivity contribution in [2.45, 2.75) is 12.3 Å². The average Bonchev–Trinajstić information content (AvgIpc) is 2.93. The molecule has 1 N–H and O–H groups in total. The molecule has 0 aliphatic carbocycles. The van der Waals surface area contributed by atoms with E-state index >= 15 is 0 Å². The van der Waals surface area contributed by atoms with Gasteiger partial charge in [-0.1, -0.05) is 0 Å². The number of aromatic nitrogens is 1. The largest absolute Gasteiger partial charge is 0.493 e. The Morgan fingerprint density at radius 2 is 2.28 bits per heavy atom. The molecule has 2 aliphatic heterocycles. The number of rotatable bonds is 2. The SMILES string of the molecule is c1cc2c(cc1-c1nc(C3CNC3)cs1)CCO2. The van der Waals surface area contributed by atoms with Crippen molar-refractivity contribution in [3.05, 3.63) is 34.8 Å². The molecule has 0 amide bonds. The van der Waals surface area contributed by atoms with E-state index in [1.807, 2.05) is 0 Å². The summed E-state index contributed by atoms with van der Waals surface area (Å²) in [4.78, 5) is 4.77. The van der Waals surface area contributed by atoms with Crippen LogP contribution in [0.2, 0.25) is 0 Å². The first-order valence-corrected chi connectivity index (χ1v) is 7.20. The normalized spacial score (nSPS) is 18.2. The van der Waals surface area contributed by atoms with Crippen LogP contribution < -0.4 is 10.1 Å². The van der Waals surface area contributed by atoms with Crippen LogP contribution in [-0.2, 0) is 6.42 Å². The average molecular weight is 258 g/mol. The third-order valence-corrected chi connectivity index (χ3v) is 4.57. The van der Waals surface area contributed by atoms with Crippen LogP contribution >= 0.6 is 11.3 Å². The topological polar surface area (TPSA) is 34.2 Å². The molecule has 2 aliphatic rings. The fraction of sp³-hybridized carbons (Fsp3) is 0.357. The van der Waals surface area contributed by atoms with Crippen LogP contribution in [0, 0.1) is 0 Å². The molecule has 3 heterocycles. The Hall–Kier alpha value is -1.39. The minimum Gasteiger partial charge on any atom is -0.493 e. The Morgan fingerprint density at radius 3 is 3.11 bits per heavy atom. The number of nitrogens with zero attached hydrogens (tertiary/aromatic N) is 1. The molecule has 4 rings (SSSR count). The van der Waals surface area contributed by atoms with Gasteiger partial charge < -0.3 is 10.1 Å². The van der Waals surface area contributed by atoms with Gasteiger partial charge in [-0.05, 0) is 23.8 Å². The van der Waals surface area contributed by atoms with Gasteiger partial charge in [0.15, 0.2) is 0 Å². The van der Waals surface area contributed by atoms with Crippen LogP contribution in [-0.4, -0.2) is 24.7 Å². The summed E-state index contributed by atoms with van der Waals surface area (Å²) in [5.41, 5.74) is 3.78. The molecule has 0 unspecified atom stereocenters. The number of benzene rings is 1. The molecule has 18 heavy (non-hydrogen) atoms. The zero-order chi connectivity index (χ0) is 11.9. The van der Waals surface area contributed by atoms with Gasteiger partial charge in [-0.3, -0.25) is 0 Å². The number of fused-ring (bicyclic) bond motifs is 1. The van der Waals surface area contributed by atoms with Crippen molar-refractivity contribution in [2.75, 3.05) is 19.7 Å². The van der Waals surface area contributed by atoms with Crippen LogP contribution in [0.1, 0.15) is 17.2 Å². The molecule has 1 aromatic carbocycles. The zero-order valence-electron chi connectivity index (χ0n) is 9.98. The summed E-state index contributed by atoms with van der Waals surface area (Å²) in [5, 5.41) is 6.62. The molecule has 0 saturated carbocycles. The second-order valence-corrected chi connectivity index (χ2v) is 5.71. The lowest BCUT2D eigenvalue weighted by Crippen LogP contribution is -2.40. The zero-order valence-corrected chi connectivity index (χ0v) is 10.8. The quantitative estimate of drug-likeness (QED) is 0.898. The van der Waals surface area contributed by atoms with Gasteiger partial charge in [0.2, 0.25) is 0 Å². The standard InChI is InChI=1S/C14H14N2OS/c1-2-13-9(3-4-17-13)5-10(1)14-16-12(8-18-14)11-6-15-7-11/h1-2,5,8,11,15H,3-4,6-7H2. The molecule has 0 bridgehead atoms. The minimum absolute atomic E-state index is 0.618. The molecule has 0 radical (unpaired) electrons. The Balaban J connectivity index is 1.67. The van der Waals surface area contributed by atoms with E-state index in [1.165, 1.54) is 16.8 Å². The van der Waals surface area contributed by atoms with Gasteiger partial charge in [0.25, 0.3) is 0 Å². The fourth-order valence-electron chi connectivity index (χ4n) is 2.42. The number of nitrogens with one attached hydrogen (secondary N) is 1. The fourth-order valence-corrected chi connectivity index (χ4v) is 3.32. The van der Waals surface area contributed by atoms with Crippen LogP contribution in [0.3, 0.4) is 0 Å². The number of ether oxygens (including phenoxy) is 1. The van der Waals surface area contributed by atoms with Gasteiger partial charge in [0.1, 0.15) is 10.8 Å². The van der Waals surface area contributed by atoms with E-state index in [1.54, 1.807) is 11.3 Å². The van der Waals surface area contributed by atoms with Gasteiger partial charge in [-0.25, -0.2) is 4.98 Å². The third kappa shape index (κ3) is 1.64. The molecule has 1 aromatic heterocycles. The van der Waals surface area contributed by atoms with E-state index < -0.39 is 0 Å².